The maximum absolute atomic E-state index is 12.9. The fourth-order valence-corrected chi connectivity index (χ4v) is 0.945. The Morgan fingerprint density at radius 1 is 1.27 bits per heavy atom. The average Bonchev–Trinajstić information content (AvgIpc) is 2.06. The highest BCUT2D eigenvalue weighted by atomic mass is 19.4. The van der Waals surface area contributed by atoms with E-state index in [1.165, 1.54) is 0 Å². The van der Waals surface area contributed by atoms with Gasteiger partial charge >= 0.3 is 6.18 Å². The highest BCUT2D eigenvalue weighted by molar-refractivity contribution is 5.43. The Labute approximate surface area is 79.7 Å². The number of rotatable bonds is 1. The minimum Gasteiger partial charge on any atom is -0.395 e. The van der Waals surface area contributed by atoms with Crippen molar-refractivity contribution >= 4 is 5.69 Å². The second-order valence-electron chi connectivity index (χ2n) is 2.59. The standard InChI is InChI=1S/C7H4F6N2/c8-4-2(14)1-15-5(7(11,12)13)3(4)6(9)10/h1,6H,14H2. The topological polar surface area (TPSA) is 38.9 Å². The summed E-state index contributed by atoms with van der Waals surface area (Å²) in [6.07, 6.45) is -8.41. The molecule has 84 valence electrons. The molecule has 0 fully saturated rings. The number of nitrogens with zero attached hydrogens (tertiary/aromatic N) is 1. The number of hydrogen-bond acceptors (Lipinski definition) is 2. The molecule has 15 heavy (non-hydrogen) atoms. The maximum Gasteiger partial charge on any atom is 0.433 e. The van der Waals surface area contributed by atoms with Crippen LogP contribution in [0.15, 0.2) is 6.20 Å². The first-order chi connectivity index (χ1) is 6.75. The minimum absolute atomic E-state index is 0.351. The Kier molecular flexibility index (Phi) is 2.78. The van der Waals surface area contributed by atoms with Gasteiger partial charge in [-0.25, -0.2) is 18.2 Å². The van der Waals surface area contributed by atoms with Crippen LogP contribution in [0.4, 0.5) is 32.0 Å². The molecule has 0 radical (unpaired) electrons. The zero-order valence-corrected chi connectivity index (χ0v) is 6.95. The van der Waals surface area contributed by atoms with Gasteiger partial charge in [0.05, 0.1) is 17.4 Å². The second kappa shape index (κ2) is 3.59. The number of alkyl halides is 5. The van der Waals surface area contributed by atoms with E-state index in [2.05, 4.69) is 4.98 Å². The fourth-order valence-electron chi connectivity index (χ4n) is 0.945. The molecule has 0 saturated heterocycles. The smallest absolute Gasteiger partial charge is 0.395 e. The lowest BCUT2D eigenvalue weighted by Crippen LogP contribution is -2.15. The quantitative estimate of drug-likeness (QED) is 0.753. The SMILES string of the molecule is Nc1cnc(C(F)(F)F)c(C(F)F)c1F. The summed E-state index contributed by atoms with van der Waals surface area (Å²) in [4.78, 5) is 2.66. The molecule has 1 aromatic heterocycles. The molecule has 0 unspecified atom stereocenters. The van der Waals surface area contributed by atoms with Crippen LogP contribution in [-0.4, -0.2) is 4.98 Å². The first kappa shape index (κ1) is 11.6. The third-order valence-corrected chi connectivity index (χ3v) is 1.56. The summed E-state index contributed by atoms with van der Waals surface area (Å²) in [5, 5.41) is 0. The molecular formula is C7H4F6N2. The summed E-state index contributed by atoms with van der Waals surface area (Å²) >= 11 is 0. The minimum atomic E-state index is -5.14. The summed E-state index contributed by atoms with van der Waals surface area (Å²) in [6, 6.07) is 0. The van der Waals surface area contributed by atoms with Gasteiger partial charge in [-0.3, -0.25) is 0 Å². The van der Waals surface area contributed by atoms with Gasteiger partial charge in [0.2, 0.25) is 0 Å². The molecule has 1 heterocycles. The lowest BCUT2D eigenvalue weighted by atomic mass is 10.1. The molecule has 0 bridgehead atoms. The fraction of sp³-hybridized carbons (Fsp3) is 0.286. The third-order valence-electron chi connectivity index (χ3n) is 1.56. The number of halogens is 6. The number of pyridine rings is 1. The predicted octanol–water partition coefficient (Wildman–Crippen LogP) is 2.76. The van der Waals surface area contributed by atoms with E-state index in [-0.39, 0.29) is 0 Å². The van der Waals surface area contributed by atoms with Crippen LogP contribution < -0.4 is 5.73 Å². The Hall–Kier alpha value is -1.47. The number of nitrogen functional groups attached to an aromatic ring is 1. The molecule has 0 aliphatic rings. The monoisotopic (exact) mass is 230 g/mol. The summed E-state index contributed by atoms with van der Waals surface area (Å²) in [5.41, 5.74) is 0.212. The molecule has 2 nitrogen and oxygen atoms in total. The van der Waals surface area contributed by atoms with E-state index in [1.54, 1.807) is 0 Å². The molecule has 0 aliphatic carbocycles. The van der Waals surface area contributed by atoms with Crippen LogP contribution in [-0.2, 0) is 6.18 Å². The van der Waals surface area contributed by atoms with Crippen molar-refractivity contribution in [2.24, 2.45) is 0 Å². The number of aromatic nitrogens is 1. The molecule has 8 heteroatoms. The van der Waals surface area contributed by atoms with E-state index in [0.717, 1.165) is 0 Å². The predicted molar refractivity (Wildman–Crippen MR) is 38.6 cm³/mol. The van der Waals surface area contributed by atoms with Gasteiger partial charge in [-0.15, -0.1) is 0 Å². The van der Waals surface area contributed by atoms with Gasteiger partial charge in [0.15, 0.2) is 11.5 Å². The molecular weight excluding hydrogens is 226 g/mol. The molecule has 0 aliphatic heterocycles. The van der Waals surface area contributed by atoms with Crippen molar-refractivity contribution in [3.05, 3.63) is 23.3 Å². The number of hydrogen-bond donors (Lipinski definition) is 1. The normalized spacial score (nSPS) is 12.2. The molecule has 1 rings (SSSR count). The van der Waals surface area contributed by atoms with Crippen molar-refractivity contribution in [3.63, 3.8) is 0 Å². The third kappa shape index (κ3) is 2.13. The van der Waals surface area contributed by atoms with Crippen molar-refractivity contribution in [1.29, 1.82) is 0 Å². The molecule has 0 saturated carbocycles. The summed E-state index contributed by atoms with van der Waals surface area (Å²) < 4.78 is 73.6. The van der Waals surface area contributed by atoms with Crippen LogP contribution in [0, 0.1) is 5.82 Å². The second-order valence-corrected chi connectivity index (χ2v) is 2.59. The van der Waals surface area contributed by atoms with Gasteiger partial charge in [0, 0.05) is 0 Å². The van der Waals surface area contributed by atoms with E-state index in [4.69, 9.17) is 5.73 Å². The van der Waals surface area contributed by atoms with Crippen LogP contribution in [0.3, 0.4) is 0 Å². The van der Waals surface area contributed by atoms with Crippen molar-refractivity contribution in [1.82, 2.24) is 4.98 Å². The zero-order chi connectivity index (χ0) is 11.8. The first-order valence-corrected chi connectivity index (χ1v) is 3.54. The Balaban J connectivity index is 3.47. The van der Waals surface area contributed by atoms with E-state index in [9.17, 15) is 26.3 Å². The van der Waals surface area contributed by atoms with Crippen molar-refractivity contribution in [3.8, 4) is 0 Å². The molecule has 0 spiro atoms. The molecule has 2 N–H and O–H groups in total. The van der Waals surface area contributed by atoms with Crippen LogP contribution in [0.1, 0.15) is 17.7 Å². The van der Waals surface area contributed by atoms with E-state index in [0.29, 0.717) is 6.20 Å². The van der Waals surface area contributed by atoms with Gasteiger partial charge in [-0.05, 0) is 0 Å². The average molecular weight is 230 g/mol. The highest BCUT2D eigenvalue weighted by Crippen LogP contribution is 2.37. The Morgan fingerprint density at radius 3 is 2.20 bits per heavy atom. The molecule has 0 amide bonds. The van der Waals surface area contributed by atoms with Gasteiger partial charge in [0.1, 0.15) is 0 Å². The summed E-state index contributed by atoms with van der Waals surface area (Å²) in [6.45, 7) is 0. The van der Waals surface area contributed by atoms with Gasteiger partial charge in [-0.1, -0.05) is 0 Å². The van der Waals surface area contributed by atoms with Gasteiger partial charge in [-0.2, -0.15) is 13.2 Å². The number of anilines is 1. The van der Waals surface area contributed by atoms with Crippen LogP contribution >= 0.6 is 0 Å². The lowest BCUT2D eigenvalue weighted by Gasteiger charge is -2.12. The maximum atomic E-state index is 12.9. The van der Waals surface area contributed by atoms with E-state index < -0.39 is 35.4 Å². The van der Waals surface area contributed by atoms with Crippen molar-refractivity contribution < 1.29 is 26.3 Å². The molecule has 0 atom stereocenters. The van der Waals surface area contributed by atoms with Crippen molar-refractivity contribution in [2.75, 3.05) is 5.73 Å². The van der Waals surface area contributed by atoms with Crippen LogP contribution in [0.2, 0.25) is 0 Å². The van der Waals surface area contributed by atoms with E-state index in [1.807, 2.05) is 0 Å². The van der Waals surface area contributed by atoms with Crippen LogP contribution in [0.25, 0.3) is 0 Å². The lowest BCUT2D eigenvalue weighted by molar-refractivity contribution is -0.143. The molecule has 0 aromatic carbocycles. The number of nitrogens with two attached hydrogens (primary N) is 1. The van der Waals surface area contributed by atoms with Crippen molar-refractivity contribution in [2.45, 2.75) is 12.6 Å². The summed E-state index contributed by atoms with van der Waals surface area (Å²) in [5.74, 6) is -1.78. The molecule has 1 aromatic rings. The highest BCUT2D eigenvalue weighted by Gasteiger charge is 2.39. The van der Waals surface area contributed by atoms with Crippen LogP contribution in [0.5, 0.6) is 0 Å². The zero-order valence-electron chi connectivity index (χ0n) is 6.95. The van der Waals surface area contributed by atoms with E-state index >= 15 is 0 Å². The van der Waals surface area contributed by atoms with Gasteiger partial charge < -0.3 is 5.73 Å². The summed E-state index contributed by atoms with van der Waals surface area (Å²) in [7, 11) is 0. The first-order valence-electron chi connectivity index (χ1n) is 3.54. The largest absolute Gasteiger partial charge is 0.433 e. The Bertz CT molecular complexity index is 372. The van der Waals surface area contributed by atoms with Gasteiger partial charge in [0.25, 0.3) is 6.43 Å². The Morgan fingerprint density at radius 2 is 1.80 bits per heavy atom.